The van der Waals surface area contributed by atoms with Gasteiger partial charge in [-0.15, -0.1) is 0 Å². The van der Waals surface area contributed by atoms with Gasteiger partial charge in [0, 0.05) is 31.4 Å². The summed E-state index contributed by atoms with van der Waals surface area (Å²) < 4.78 is 19.1. The number of ketones is 1. The number of Topliss-reactive ketones (excluding diaryl/α,β-unsaturated/α-hetero) is 1. The molecule has 1 aromatic carbocycles. The van der Waals surface area contributed by atoms with E-state index in [1.807, 2.05) is 6.92 Å². The molecular weight excluding hydrogens is 602 g/mol. The number of ether oxygens (including phenoxy) is 3. The van der Waals surface area contributed by atoms with Crippen molar-refractivity contribution in [2.75, 3.05) is 7.11 Å². The molecule has 11 unspecified atom stereocenters. The zero-order valence-electron chi connectivity index (χ0n) is 28.3. The summed E-state index contributed by atoms with van der Waals surface area (Å²) >= 11 is 0. The second kappa shape index (κ2) is 12.8. The van der Waals surface area contributed by atoms with E-state index in [1.165, 1.54) is 13.2 Å². The van der Waals surface area contributed by atoms with E-state index in [1.54, 1.807) is 12.1 Å². The van der Waals surface area contributed by atoms with Gasteiger partial charge in [0.25, 0.3) is 5.91 Å². The van der Waals surface area contributed by atoms with Crippen LogP contribution >= 0.6 is 0 Å². The number of aromatic hydroxyl groups is 2. The number of carbonyl (C=O) groups is 2. The van der Waals surface area contributed by atoms with Gasteiger partial charge in [0.1, 0.15) is 23.0 Å². The van der Waals surface area contributed by atoms with Gasteiger partial charge in [0.15, 0.2) is 5.79 Å². The Balaban J connectivity index is 1.34. The number of allylic oxidation sites excluding steroid dienone is 3. The number of hydrogen-bond donors (Lipinski definition) is 5. The summed E-state index contributed by atoms with van der Waals surface area (Å²) in [6.45, 7) is 10.5. The number of aliphatic hydroxyl groups is 2. The van der Waals surface area contributed by atoms with Crippen molar-refractivity contribution >= 4 is 11.7 Å². The van der Waals surface area contributed by atoms with Gasteiger partial charge in [0.05, 0.1) is 18.3 Å². The number of aliphatic hydroxyl groups excluding tert-OH is 2. The highest BCUT2D eigenvalue weighted by atomic mass is 16.7. The van der Waals surface area contributed by atoms with E-state index in [0.29, 0.717) is 24.8 Å². The van der Waals surface area contributed by atoms with Gasteiger partial charge in [-0.2, -0.15) is 0 Å². The number of rotatable bonds is 5. The van der Waals surface area contributed by atoms with Crippen molar-refractivity contribution in [3.05, 3.63) is 46.9 Å². The summed E-state index contributed by atoms with van der Waals surface area (Å²) in [7, 11) is 1.30. The molecule has 0 bridgehead atoms. The van der Waals surface area contributed by atoms with Crippen LogP contribution in [-0.4, -0.2) is 63.3 Å². The minimum absolute atomic E-state index is 0.0202. The number of fused-ring (bicyclic) bond motifs is 1. The molecule has 3 heterocycles. The molecule has 10 heteroatoms. The number of carbonyl (C=O) groups excluding carboxylic acids is 2. The van der Waals surface area contributed by atoms with E-state index < -0.39 is 35.6 Å². The lowest BCUT2D eigenvalue weighted by atomic mass is 9.56. The predicted molar refractivity (Wildman–Crippen MR) is 173 cm³/mol. The maximum Gasteiger partial charge on any atom is 0.261 e. The van der Waals surface area contributed by atoms with Crippen molar-refractivity contribution in [2.45, 2.75) is 103 Å². The summed E-state index contributed by atoms with van der Waals surface area (Å²) in [5.74, 6) is -2.76. The Kier molecular flexibility index (Phi) is 9.28. The summed E-state index contributed by atoms with van der Waals surface area (Å²) in [6, 6.07) is 4.58. The van der Waals surface area contributed by atoms with Crippen LogP contribution in [0.4, 0.5) is 0 Å². The highest BCUT2D eigenvalue weighted by Crippen LogP contribution is 2.55. The topological polar surface area (TPSA) is 155 Å². The molecular formula is C37H51NO9. The first-order chi connectivity index (χ1) is 22.2. The van der Waals surface area contributed by atoms with Crippen molar-refractivity contribution in [1.82, 2.24) is 5.32 Å². The monoisotopic (exact) mass is 653 g/mol. The molecule has 47 heavy (non-hydrogen) atoms. The Morgan fingerprint density at radius 2 is 1.72 bits per heavy atom. The maximum absolute atomic E-state index is 13.3. The Labute approximate surface area is 277 Å². The Bertz CT molecular complexity index is 1430. The van der Waals surface area contributed by atoms with Gasteiger partial charge in [-0.3, -0.25) is 9.59 Å². The molecule has 4 fully saturated rings. The van der Waals surface area contributed by atoms with Crippen molar-refractivity contribution < 1.29 is 44.2 Å². The standard InChI is InChI=1S/C37H51NO9/c1-17-9-10-37(47-34(17)23-13-24(39)15-25(40)14-23)20(4)11-19(3)28(46-37)16-26-18(2)12-22-7-8-27(41)21(5)29(22)30(26)32(42)31-33(43)35(45-6)36(44)38-31/h12-15,17,19-22,26-30,34-35,39-42H,7-11,16H2,1-6H3,(H,38,44)/t17?,19?,20?,21?,22?,26-,27?,28?,29?,30+,34?,35?,37?/m1/s1. The SMILES string of the molecule is COC1C(=O)NC(=C(O)[C@@H]2C3C(C=C(C)[C@H]2CC2OC4(CCC(C)C(c5cc(O)cc(O)c5)O4)C(C)CC2C)CCC(O)C3C)C1=O. The van der Waals surface area contributed by atoms with Crippen LogP contribution in [0.5, 0.6) is 11.5 Å². The number of phenols is 2. The molecule has 1 amide bonds. The van der Waals surface area contributed by atoms with E-state index in [2.05, 4.69) is 39.1 Å². The smallest absolute Gasteiger partial charge is 0.261 e. The third kappa shape index (κ3) is 6.00. The lowest BCUT2D eigenvalue weighted by Gasteiger charge is -2.54. The Morgan fingerprint density at radius 3 is 2.38 bits per heavy atom. The Hall–Kier alpha value is -2.92. The van der Waals surface area contributed by atoms with Crippen molar-refractivity contribution in [1.29, 1.82) is 0 Å². The van der Waals surface area contributed by atoms with Crippen molar-refractivity contribution in [2.24, 2.45) is 47.3 Å². The van der Waals surface area contributed by atoms with Crippen molar-refractivity contribution in [3.63, 3.8) is 0 Å². The molecule has 5 aliphatic rings. The molecule has 1 aromatic rings. The molecule has 10 nitrogen and oxygen atoms in total. The van der Waals surface area contributed by atoms with E-state index in [4.69, 9.17) is 14.2 Å². The zero-order chi connectivity index (χ0) is 33.9. The van der Waals surface area contributed by atoms with Gasteiger partial charge < -0.3 is 40.0 Å². The summed E-state index contributed by atoms with van der Waals surface area (Å²) in [6.07, 6.45) is 4.21. The van der Waals surface area contributed by atoms with Crippen LogP contribution in [0.3, 0.4) is 0 Å². The fraction of sp³-hybridized carbons (Fsp3) is 0.676. The quantitative estimate of drug-likeness (QED) is 0.121. The number of amides is 1. The van der Waals surface area contributed by atoms with E-state index in [9.17, 15) is 30.0 Å². The molecule has 258 valence electrons. The summed E-state index contributed by atoms with van der Waals surface area (Å²) in [5, 5.41) is 46.1. The molecule has 0 radical (unpaired) electrons. The third-order valence-corrected chi connectivity index (χ3v) is 12.2. The highest BCUT2D eigenvalue weighted by Gasteiger charge is 2.54. The van der Waals surface area contributed by atoms with Gasteiger partial charge in [-0.1, -0.05) is 39.3 Å². The number of phenolic OH excluding ortho intramolecular Hbond substituents is 2. The Morgan fingerprint density at radius 1 is 1.02 bits per heavy atom. The van der Waals surface area contributed by atoms with Gasteiger partial charge >= 0.3 is 0 Å². The number of methoxy groups -OCH3 is 1. The van der Waals surface area contributed by atoms with Gasteiger partial charge in [0.2, 0.25) is 11.9 Å². The van der Waals surface area contributed by atoms with Crippen LogP contribution in [0.25, 0.3) is 0 Å². The largest absolute Gasteiger partial charge is 0.510 e. The fourth-order valence-electron chi connectivity index (χ4n) is 9.55. The molecule has 6 rings (SSSR count). The fourth-order valence-corrected chi connectivity index (χ4v) is 9.55. The number of hydrogen-bond acceptors (Lipinski definition) is 9. The lowest BCUT2D eigenvalue weighted by Crippen LogP contribution is -2.55. The van der Waals surface area contributed by atoms with Crippen LogP contribution in [0.1, 0.15) is 84.8 Å². The molecule has 13 atom stereocenters. The third-order valence-electron chi connectivity index (χ3n) is 12.2. The normalized spacial score (nSPS) is 43.3. The van der Waals surface area contributed by atoms with Crippen LogP contribution in [0.15, 0.2) is 41.3 Å². The average Bonchev–Trinajstić information content (AvgIpc) is 3.31. The first kappa shape index (κ1) is 34.0. The predicted octanol–water partition coefficient (Wildman–Crippen LogP) is 5.43. The zero-order valence-corrected chi connectivity index (χ0v) is 28.3. The molecule has 2 aliphatic carbocycles. The average molecular weight is 654 g/mol. The second-order valence-corrected chi connectivity index (χ2v) is 15.2. The molecule has 5 N–H and O–H groups in total. The van der Waals surface area contributed by atoms with Gasteiger partial charge in [-0.25, -0.2) is 0 Å². The van der Waals surface area contributed by atoms with E-state index in [-0.39, 0.29) is 76.6 Å². The van der Waals surface area contributed by atoms with Crippen molar-refractivity contribution in [3.8, 4) is 11.5 Å². The molecule has 3 aliphatic heterocycles. The molecule has 3 saturated heterocycles. The minimum atomic E-state index is -1.30. The number of nitrogens with one attached hydrogen (secondary N) is 1. The van der Waals surface area contributed by atoms with Gasteiger partial charge in [-0.05, 0) is 92.2 Å². The highest BCUT2D eigenvalue weighted by molar-refractivity contribution is 6.19. The first-order valence-corrected chi connectivity index (χ1v) is 17.3. The van der Waals surface area contributed by atoms with Crippen LogP contribution < -0.4 is 5.32 Å². The summed E-state index contributed by atoms with van der Waals surface area (Å²) in [5.41, 5.74) is 1.69. The summed E-state index contributed by atoms with van der Waals surface area (Å²) in [4.78, 5) is 25.9. The molecule has 0 aromatic heterocycles. The van der Waals surface area contributed by atoms with E-state index in [0.717, 1.165) is 24.8 Å². The number of benzene rings is 1. The van der Waals surface area contributed by atoms with E-state index >= 15 is 0 Å². The molecule has 1 saturated carbocycles. The lowest BCUT2D eigenvalue weighted by molar-refractivity contribution is -0.356. The minimum Gasteiger partial charge on any atom is -0.510 e. The van der Waals surface area contributed by atoms with Crippen LogP contribution in [0.2, 0.25) is 0 Å². The van der Waals surface area contributed by atoms with Crippen LogP contribution in [0, 0.1) is 47.3 Å². The molecule has 1 spiro atoms. The maximum atomic E-state index is 13.3. The van der Waals surface area contributed by atoms with Crippen LogP contribution in [-0.2, 0) is 23.8 Å². The second-order valence-electron chi connectivity index (χ2n) is 15.2. The first-order valence-electron chi connectivity index (χ1n) is 17.3.